The summed E-state index contributed by atoms with van der Waals surface area (Å²) in [6, 6.07) is 2.74. The van der Waals surface area contributed by atoms with Gasteiger partial charge < -0.3 is 19.9 Å². The van der Waals surface area contributed by atoms with Gasteiger partial charge in [-0.15, -0.1) is 0 Å². The maximum absolute atomic E-state index is 12.8. The van der Waals surface area contributed by atoms with E-state index in [0.29, 0.717) is 18.8 Å². The number of alkyl halides is 3. The molecule has 0 radical (unpaired) electrons. The van der Waals surface area contributed by atoms with Gasteiger partial charge in [-0.25, -0.2) is 4.79 Å². The number of anilines is 2. The molecule has 2 amide bonds. The van der Waals surface area contributed by atoms with Gasteiger partial charge in [0.05, 0.1) is 23.5 Å². The highest BCUT2D eigenvalue weighted by molar-refractivity contribution is 5.93. The van der Waals surface area contributed by atoms with E-state index in [4.69, 9.17) is 4.74 Å². The maximum Gasteiger partial charge on any atom is 0.416 e. The number of rotatable bonds is 5. The van der Waals surface area contributed by atoms with Gasteiger partial charge in [0.25, 0.3) is 0 Å². The minimum absolute atomic E-state index is 0.106. The number of likely N-dealkylation sites (N-methyl/N-ethyl adjacent to an activating group) is 1. The molecule has 124 valence electrons. The molecular formula is C14H20F3N3O2. The molecule has 0 aliphatic carbocycles. The summed E-state index contributed by atoms with van der Waals surface area (Å²) >= 11 is 0. The van der Waals surface area contributed by atoms with Crippen LogP contribution in [0.2, 0.25) is 0 Å². The molecule has 0 saturated heterocycles. The fraction of sp³-hybridized carbons (Fsp3) is 0.500. The number of hydrogen-bond acceptors (Lipinski definition) is 3. The molecule has 0 fully saturated rings. The molecule has 0 aliphatic heterocycles. The molecule has 1 rings (SSSR count). The Kier molecular flexibility index (Phi) is 6.04. The van der Waals surface area contributed by atoms with Crippen LogP contribution in [0.3, 0.4) is 0 Å². The molecule has 0 spiro atoms. The van der Waals surface area contributed by atoms with Gasteiger partial charge in [-0.2, -0.15) is 13.2 Å². The minimum Gasteiger partial charge on any atom is -0.383 e. The Morgan fingerprint density at radius 3 is 2.41 bits per heavy atom. The number of amides is 2. The highest BCUT2D eigenvalue weighted by atomic mass is 19.4. The lowest BCUT2D eigenvalue weighted by atomic mass is 10.1. The quantitative estimate of drug-likeness (QED) is 0.908. The smallest absolute Gasteiger partial charge is 0.383 e. The molecule has 22 heavy (non-hydrogen) atoms. The lowest BCUT2D eigenvalue weighted by Gasteiger charge is -2.22. The first-order valence-corrected chi connectivity index (χ1v) is 6.56. The summed E-state index contributed by atoms with van der Waals surface area (Å²) < 4.78 is 43.3. The molecule has 5 nitrogen and oxygen atoms in total. The predicted molar refractivity (Wildman–Crippen MR) is 79.3 cm³/mol. The molecular weight excluding hydrogens is 299 g/mol. The third-order valence-electron chi connectivity index (χ3n) is 3.02. The monoisotopic (exact) mass is 319 g/mol. The summed E-state index contributed by atoms with van der Waals surface area (Å²) in [5, 5.41) is 2.50. The van der Waals surface area contributed by atoms with Crippen LogP contribution in [0.25, 0.3) is 0 Å². The molecule has 8 heteroatoms. The Labute approximate surface area is 127 Å². The molecule has 0 unspecified atom stereocenters. The molecule has 0 aliphatic rings. The number of carbonyl (C=O) groups is 1. The Hall–Kier alpha value is -1.96. The zero-order valence-electron chi connectivity index (χ0n) is 13.0. The normalized spacial score (nSPS) is 11.2. The van der Waals surface area contributed by atoms with Gasteiger partial charge in [-0.3, -0.25) is 0 Å². The van der Waals surface area contributed by atoms with E-state index in [0.717, 1.165) is 12.1 Å². The fourth-order valence-electron chi connectivity index (χ4n) is 1.74. The number of urea groups is 1. The largest absolute Gasteiger partial charge is 0.416 e. The van der Waals surface area contributed by atoms with Crippen LogP contribution in [0.4, 0.5) is 29.3 Å². The maximum atomic E-state index is 12.8. The Morgan fingerprint density at radius 2 is 1.91 bits per heavy atom. The number of ether oxygens (including phenoxy) is 1. The Balaban J connectivity index is 3.02. The molecule has 0 saturated carbocycles. The molecule has 0 bridgehead atoms. The van der Waals surface area contributed by atoms with Crippen LogP contribution < -0.4 is 10.2 Å². The van der Waals surface area contributed by atoms with E-state index in [9.17, 15) is 18.0 Å². The van der Waals surface area contributed by atoms with Crippen LogP contribution in [-0.4, -0.2) is 52.3 Å². The van der Waals surface area contributed by atoms with Crippen molar-refractivity contribution >= 4 is 17.4 Å². The number of benzene rings is 1. The van der Waals surface area contributed by atoms with E-state index < -0.39 is 17.8 Å². The average Bonchev–Trinajstić information content (AvgIpc) is 2.43. The van der Waals surface area contributed by atoms with E-state index in [2.05, 4.69) is 5.32 Å². The lowest BCUT2D eigenvalue weighted by molar-refractivity contribution is -0.137. The van der Waals surface area contributed by atoms with Crippen molar-refractivity contribution in [2.24, 2.45) is 0 Å². The number of carbonyl (C=O) groups excluding carboxylic acids is 1. The number of hydrogen-bond donors (Lipinski definition) is 1. The summed E-state index contributed by atoms with van der Waals surface area (Å²) in [5.41, 5.74) is -0.219. The molecule has 0 heterocycles. The third kappa shape index (κ3) is 4.80. The second-order valence-electron chi connectivity index (χ2n) is 4.97. The fourth-order valence-corrected chi connectivity index (χ4v) is 1.74. The zero-order chi connectivity index (χ0) is 16.9. The molecule has 0 aromatic heterocycles. The van der Waals surface area contributed by atoms with Crippen LogP contribution in [0.5, 0.6) is 0 Å². The third-order valence-corrected chi connectivity index (χ3v) is 3.02. The van der Waals surface area contributed by atoms with Crippen LogP contribution in [-0.2, 0) is 10.9 Å². The molecule has 1 aromatic rings. The van der Waals surface area contributed by atoms with E-state index in [-0.39, 0.29) is 5.69 Å². The van der Waals surface area contributed by atoms with Crippen molar-refractivity contribution in [1.82, 2.24) is 4.90 Å². The van der Waals surface area contributed by atoms with Gasteiger partial charge in [-0.1, -0.05) is 0 Å². The van der Waals surface area contributed by atoms with Crippen molar-refractivity contribution in [3.63, 3.8) is 0 Å². The van der Waals surface area contributed by atoms with Crippen LogP contribution in [0.1, 0.15) is 5.56 Å². The minimum atomic E-state index is -4.47. The molecule has 1 aromatic carbocycles. The van der Waals surface area contributed by atoms with Gasteiger partial charge >= 0.3 is 12.2 Å². The van der Waals surface area contributed by atoms with Gasteiger partial charge in [0.1, 0.15) is 0 Å². The van der Waals surface area contributed by atoms with Crippen LogP contribution in [0.15, 0.2) is 18.2 Å². The number of nitrogens with zero attached hydrogens (tertiary/aromatic N) is 2. The van der Waals surface area contributed by atoms with E-state index in [1.54, 1.807) is 19.0 Å². The van der Waals surface area contributed by atoms with Gasteiger partial charge in [0, 0.05) is 34.8 Å². The second kappa shape index (κ2) is 7.35. The van der Waals surface area contributed by atoms with Crippen molar-refractivity contribution in [2.45, 2.75) is 6.18 Å². The summed E-state index contributed by atoms with van der Waals surface area (Å²) in [6.45, 7) is 0.672. The van der Waals surface area contributed by atoms with Crippen molar-refractivity contribution < 1.29 is 22.7 Å². The summed E-state index contributed by atoms with van der Waals surface area (Å²) in [4.78, 5) is 15.0. The van der Waals surface area contributed by atoms with E-state index in [1.807, 2.05) is 0 Å². The lowest BCUT2D eigenvalue weighted by Crippen LogP contribution is -2.34. The first-order chi connectivity index (χ1) is 10.2. The average molecular weight is 319 g/mol. The second-order valence-corrected chi connectivity index (χ2v) is 4.97. The van der Waals surface area contributed by atoms with Gasteiger partial charge in [0.15, 0.2) is 0 Å². The van der Waals surface area contributed by atoms with E-state index in [1.165, 1.54) is 25.1 Å². The number of halogens is 3. The summed E-state index contributed by atoms with van der Waals surface area (Å²) in [5.74, 6) is 0. The van der Waals surface area contributed by atoms with Crippen LogP contribution >= 0.6 is 0 Å². The first kappa shape index (κ1) is 18.1. The van der Waals surface area contributed by atoms with Crippen molar-refractivity contribution in [2.75, 3.05) is 51.6 Å². The Morgan fingerprint density at radius 1 is 1.27 bits per heavy atom. The predicted octanol–water partition coefficient (Wildman–Crippen LogP) is 2.88. The molecule has 1 N–H and O–H groups in total. The highest BCUT2D eigenvalue weighted by Crippen LogP contribution is 2.34. The topological polar surface area (TPSA) is 44.8 Å². The summed E-state index contributed by atoms with van der Waals surface area (Å²) in [7, 11) is 6.42. The Bertz CT molecular complexity index is 519. The number of methoxy groups -OCH3 is 1. The van der Waals surface area contributed by atoms with Crippen LogP contribution in [0, 0.1) is 0 Å². The standard InChI is InChI=1S/C14H20F3N3O2/c1-19(2)12-6-5-10(14(15,16)17)9-11(12)18-13(21)20(3)7-8-22-4/h5-6,9H,7-8H2,1-4H3,(H,18,21). The highest BCUT2D eigenvalue weighted by Gasteiger charge is 2.31. The number of nitrogens with one attached hydrogen (secondary N) is 1. The van der Waals surface area contributed by atoms with Gasteiger partial charge in [-0.05, 0) is 18.2 Å². The van der Waals surface area contributed by atoms with Crippen molar-refractivity contribution in [3.05, 3.63) is 23.8 Å². The SMILES string of the molecule is COCCN(C)C(=O)Nc1cc(C(F)(F)F)ccc1N(C)C. The van der Waals surface area contributed by atoms with Crippen molar-refractivity contribution in [3.8, 4) is 0 Å². The van der Waals surface area contributed by atoms with Crippen molar-refractivity contribution in [1.29, 1.82) is 0 Å². The summed E-state index contributed by atoms with van der Waals surface area (Å²) in [6.07, 6.45) is -4.47. The van der Waals surface area contributed by atoms with E-state index >= 15 is 0 Å². The zero-order valence-corrected chi connectivity index (χ0v) is 13.0. The van der Waals surface area contributed by atoms with Gasteiger partial charge in [0.2, 0.25) is 0 Å². The molecule has 0 atom stereocenters. The first-order valence-electron chi connectivity index (χ1n) is 6.56.